The van der Waals surface area contributed by atoms with Crippen molar-refractivity contribution >= 4 is 43.9 Å². The van der Waals surface area contributed by atoms with Crippen LogP contribution in [0.2, 0.25) is 16.6 Å². The molecule has 19 heteroatoms. The van der Waals surface area contributed by atoms with Crippen molar-refractivity contribution in [2.45, 2.75) is 180 Å². The molecular formula is C52H75NO17Si. The van der Waals surface area contributed by atoms with Gasteiger partial charge in [-0.25, -0.2) is 14.4 Å². The number of aliphatic hydroxyl groups excluding tert-OH is 1. The first-order chi connectivity index (χ1) is 32.9. The fraction of sp³-hybridized carbons (Fsp3) is 0.692. The number of ether oxygens (including phenoxy) is 7. The lowest BCUT2D eigenvalue weighted by atomic mass is 9.42. The van der Waals surface area contributed by atoms with Gasteiger partial charge in [-0.15, -0.1) is 0 Å². The van der Waals surface area contributed by atoms with E-state index in [0.29, 0.717) is 0 Å². The average Bonchev–Trinajstić information content (AvgIpc) is 3.81. The van der Waals surface area contributed by atoms with Gasteiger partial charge >= 0.3 is 24.0 Å². The van der Waals surface area contributed by atoms with Gasteiger partial charge in [-0.3, -0.25) is 14.4 Å². The summed E-state index contributed by atoms with van der Waals surface area (Å²) < 4.78 is 55.0. The Labute approximate surface area is 417 Å². The van der Waals surface area contributed by atoms with Gasteiger partial charge in [-0.1, -0.05) is 62.3 Å². The van der Waals surface area contributed by atoms with Crippen molar-refractivity contribution < 1.29 is 81.0 Å². The van der Waals surface area contributed by atoms with Gasteiger partial charge in [-0.2, -0.15) is 0 Å². The number of carbonyl (C=O) groups excluding carboxylic acids is 6. The van der Waals surface area contributed by atoms with Gasteiger partial charge < -0.3 is 57.5 Å². The van der Waals surface area contributed by atoms with Gasteiger partial charge in [0, 0.05) is 37.0 Å². The second-order valence-corrected chi connectivity index (χ2v) is 28.0. The normalized spacial score (nSPS) is 31.2. The maximum atomic E-state index is 15.6. The topological polar surface area (TPSA) is 242 Å². The molecule has 18 nitrogen and oxygen atoms in total. The second kappa shape index (κ2) is 19.9. The van der Waals surface area contributed by atoms with Crippen LogP contribution in [-0.4, -0.2) is 122 Å². The van der Waals surface area contributed by atoms with E-state index in [2.05, 4.69) is 5.32 Å². The molecule has 1 aromatic heterocycles. The Kier molecular flexibility index (Phi) is 15.5. The van der Waals surface area contributed by atoms with E-state index in [1.54, 1.807) is 59.7 Å². The zero-order valence-corrected chi connectivity index (χ0v) is 45.0. The van der Waals surface area contributed by atoms with E-state index in [1.807, 2.05) is 41.5 Å². The molecule has 3 saturated carbocycles. The highest BCUT2D eigenvalue weighted by atomic mass is 28.4. The zero-order valence-electron chi connectivity index (χ0n) is 44.0. The maximum Gasteiger partial charge on any atom is 0.408 e. The molecule has 1 saturated heterocycles. The number of benzene rings is 1. The molecule has 2 heterocycles. The van der Waals surface area contributed by atoms with Crippen LogP contribution in [0.1, 0.15) is 132 Å². The van der Waals surface area contributed by atoms with Gasteiger partial charge in [0.2, 0.25) is 19.9 Å². The molecule has 3 N–H and O–H groups in total. The van der Waals surface area contributed by atoms with Crippen LogP contribution in [0.3, 0.4) is 0 Å². The van der Waals surface area contributed by atoms with Crippen LogP contribution in [-0.2, 0) is 47.3 Å². The number of alkyl carbamates (subject to hydrolysis) is 1. The maximum absolute atomic E-state index is 15.6. The number of methoxy groups -OCH3 is 2. The summed E-state index contributed by atoms with van der Waals surface area (Å²) in [4.78, 5) is 88.0. The molecule has 1 aromatic carbocycles. The minimum atomic E-state index is -3.08. The summed E-state index contributed by atoms with van der Waals surface area (Å²) >= 11 is 0. The molecule has 3 aliphatic carbocycles. The van der Waals surface area contributed by atoms with Crippen molar-refractivity contribution in [2.75, 3.05) is 20.8 Å². The number of fused-ring (bicyclic) bond motifs is 5. The highest BCUT2D eigenvalue weighted by molar-refractivity contribution is 6.77. The van der Waals surface area contributed by atoms with Crippen LogP contribution in [0, 0.1) is 28.6 Å². The number of hydrogen-bond acceptors (Lipinski definition) is 17. The molecule has 0 radical (unpaired) electrons. The molecule has 6 rings (SSSR count). The average molecular weight is 1010 g/mol. The van der Waals surface area contributed by atoms with Gasteiger partial charge in [0.15, 0.2) is 11.7 Å². The van der Waals surface area contributed by atoms with Gasteiger partial charge in [0.05, 0.1) is 44.5 Å². The summed E-state index contributed by atoms with van der Waals surface area (Å²) in [7, 11) is -0.342. The third kappa shape index (κ3) is 9.42. The molecule has 394 valence electrons. The molecule has 2 bridgehead atoms. The predicted octanol–water partition coefficient (Wildman–Crippen LogP) is 7.21. The highest BCUT2D eigenvalue weighted by Gasteiger charge is 2.79. The summed E-state index contributed by atoms with van der Waals surface area (Å²) in [5, 5.41) is 28.9. The molecule has 4 aliphatic rings. The van der Waals surface area contributed by atoms with E-state index in [4.69, 9.17) is 42.0 Å². The zero-order chi connectivity index (χ0) is 53.1. The first-order valence-electron chi connectivity index (χ1n) is 24.5. The monoisotopic (exact) mass is 1010 g/mol. The summed E-state index contributed by atoms with van der Waals surface area (Å²) in [6.07, 6.45) is -7.89. The highest BCUT2D eigenvalue weighted by Crippen LogP contribution is 2.64. The van der Waals surface area contributed by atoms with E-state index >= 15 is 14.4 Å². The van der Waals surface area contributed by atoms with Gasteiger partial charge in [-0.05, 0) is 74.7 Å². The fourth-order valence-corrected chi connectivity index (χ4v) is 18.3. The lowest BCUT2D eigenvalue weighted by Gasteiger charge is -2.67. The van der Waals surface area contributed by atoms with E-state index in [0.717, 1.165) is 6.92 Å². The lowest BCUT2D eigenvalue weighted by Crippen LogP contribution is -2.82. The number of esters is 3. The van der Waals surface area contributed by atoms with E-state index in [-0.39, 0.29) is 52.5 Å². The fourth-order valence-electron chi connectivity index (χ4n) is 12.8. The van der Waals surface area contributed by atoms with Crippen LogP contribution in [0.4, 0.5) is 4.79 Å². The lowest BCUT2D eigenvalue weighted by molar-refractivity contribution is -0.350. The Morgan fingerprint density at radius 2 is 1.56 bits per heavy atom. The van der Waals surface area contributed by atoms with Gasteiger partial charge in [0.25, 0.3) is 0 Å². The number of rotatable bonds is 15. The van der Waals surface area contributed by atoms with Crippen LogP contribution < -0.4 is 14.8 Å². The Morgan fingerprint density at radius 1 is 0.930 bits per heavy atom. The van der Waals surface area contributed by atoms with Gasteiger partial charge in [0.1, 0.15) is 58.4 Å². The van der Waals surface area contributed by atoms with Crippen LogP contribution in [0.15, 0.2) is 41.0 Å². The molecule has 4 fully saturated rings. The Morgan fingerprint density at radius 3 is 2.07 bits per heavy atom. The van der Waals surface area contributed by atoms with Crippen molar-refractivity contribution in [3.05, 3.63) is 47.9 Å². The molecule has 12 atom stereocenters. The van der Waals surface area contributed by atoms with Crippen LogP contribution in [0.25, 0.3) is 0 Å². The Hall–Kier alpha value is -4.82. The quantitative estimate of drug-likeness (QED) is 0.0691. The molecule has 2 unspecified atom stereocenters. The van der Waals surface area contributed by atoms with E-state index < -0.39 is 132 Å². The van der Waals surface area contributed by atoms with Crippen molar-refractivity contribution in [2.24, 2.45) is 28.6 Å². The molecule has 2 aromatic rings. The standard InChI is InChI=1S/C52H75NO17Si/c1-26(2)71(27(3)4,28(5)6)70-41(39(34-18-17-21-64-34)53-47(60)69-48(9,10)11)46(59)66-35-24-52(61)44(67-45(58)32-22-31(62-15)19-20-33(32)63-16)42-50(14,43(57)40(56)38(29(35)7)49(52,12)13)36(55)23-37-51(42,25-65-37)68-30(8)54/h17-22,26-29,35-39,41-42,44,55,61H,23-25H2,1-16H3,(H,53,60)/t29?,35-,36-,37+,38?,39-,41+,42-,44-,50+,51-,52+/m0/s1. The number of hydrogen-bond donors (Lipinski definition) is 3. The second-order valence-electron chi connectivity index (χ2n) is 22.6. The SMILES string of the molecule is COc1ccc(OC)c(C(=O)O[C@H]2[C@@H]3[C@]4(OC(C)=O)CO[C@@H]4C[C@H](O)[C@@]3(C)C(=O)C(=O)C3C(C)[C@@H](OC(=O)[C@H](O[Si](C(C)C)(C(C)C)C(C)C)[C@@H](NC(=O)OC(C)(C)C)c4ccco4)C[C@]2(O)C3(C)C)c1. The number of Topliss-reactive ketones (excluding diaryl/α,β-unsaturated/α-hetero) is 2. The molecule has 1 amide bonds. The minimum absolute atomic E-state index is 0.0630. The number of carbonyl (C=O) groups is 6. The molecule has 0 spiro atoms. The number of amides is 1. The number of aliphatic hydroxyl groups is 2. The third-order valence-corrected chi connectivity index (χ3v) is 22.3. The molecular weight excluding hydrogens is 939 g/mol. The number of furan rings is 1. The first-order valence-corrected chi connectivity index (χ1v) is 26.7. The smallest absolute Gasteiger partial charge is 0.408 e. The summed E-state index contributed by atoms with van der Waals surface area (Å²) in [6.45, 7) is 24.1. The van der Waals surface area contributed by atoms with E-state index in [1.165, 1.54) is 39.5 Å². The van der Waals surface area contributed by atoms with Crippen LogP contribution >= 0.6 is 0 Å². The van der Waals surface area contributed by atoms with Crippen molar-refractivity contribution in [3.63, 3.8) is 0 Å². The predicted molar refractivity (Wildman–Crippen MR) is 258 cm³/mol. The third-order valence-electron chi connectivity index (χ3n) is 16.2. The molecule has 1 aliphatic heterocycles. The Balaban J connectivity index is 1.57. The molecule has 71 heavy (non-hydrogen) atoms. The van der Waals surface area contributed by atoms with Crippen LogP contribution in [0.5, 0.6) is 11.5 Å². The Bertz CT molecular complexity index is 2320. The van der Waals surface area contributed by atoms with Crippen molar-refractivity contribution in [1.82, 2.24) is 5.32 Å². The largest absolute Gasteiger partial charge is 0.497 e. The number of nitrogens with one attached hydrogen (secondary N) is 1. The first kappa shape index (κ1) is 55.5. The minimum Gasteiger partial charge on any atom is -0.497 e. The van der Waals surface area contributed by atoms with E-state index in [9.17, 15) is 24.6 Å². The van der Waals surface area contributed by atoms with Crippen molar-refractivity contribution in [3.8, 4) is 11.5 Å². The summed E-state index contributed by atoms with van der Waals surface area (Å²) in [5.74, 6) is -8.55. The summed E-state index contributed by atoms with van der Waals surface area (Å²) in [5.41, 5.74) is -9.43. The van der Waals surface area contributed by atoms with Crippen molar-refractivity contribution in [1.29, 1.82) is 0 Å². The number of ketones is 2. The summed E-state index contributed by atoms with van der Waals surface area (Å²) in [6, 6.07) is 6.24.